The van der Waals surface area contributed by atoms with E-state index in [1.165, 1.54) is 0 Å². The molecule has 0 amide bonds. The van der Waals surface area contributed by atoms with Crippen molar-refractivity contribution >= 4 is 11.6 Å². The van der Waals surface area contributed by atoms with Crippen LogP contribution in [-0.4, -0.2) is 180 Å². The van der Waals surface area contributed by atoms with Gasteiger partial charge in [-0.2, -0.15) is 0 Å². The SMILES string of the molecule is CN[C@@H]1[C@H](O)[C@H](NC)[C@H]2O[C@@]3(O)C(=O)C[C@@H](C)O[C@H]3O[C@@H]2[C@H]1O.CN[C@@H]1[C@H](O)[C@H](NC)[C@H]2O[C@@]3(O)C(=O)C[C@@H](C)O[C@H]3O[C@@H]2[C@H]1O. The average Bonchev–Trinajstić information content (AvgIpc) is 2.99. The van der Waals surface area contributed by atoms with Crippen molar-refractivity contribution in [2.24, 2.45) is 0 Å². The molecule has 0 aromatic heterocycles. The van der Waals surface area contributed by atoms with Crippen LogP contribution < -0.4 is 21.3 Å². The molecule has 4 saturated heterocycles. The first kappa shape index (κ1) is 36.0. The summed E-state index contributed by atoms with van der Waals surface area (Å²) in [6.07, 6.45) is -11.2. The van der Waals surface area contributed by atoms with Crippen molar-refractivity contribution in [2.75, 3.05) is 28.2 Å². The summed E-state index contributed by atoms with van der Waals surface area (Å²) in [5.74, 6) is -5.52. The van der Waals surface area contributed by atoms with E-state index in [2.05, 4.69) is 21.3 Å². The smallest absolute Gasteiger partial charge is 0.280 e. The van der Waals surface area contributed by atoms with Crippen LogP contribution in [0.3, 0.4) is 0 Å². The summed E-state index contributed by atoms with van der Waals surface area (Å²) in [6, 6.07) is -2.59. The van der Waals surface area contributed by atoms with Gasteiger partial charge in [-0.15, -0.1) is 0 Å². The summed E-state index contributed by atoms with van der Waals surface area (Å²) < 4.78 is 33.6. The number of ketones is 2. The zero-order valence-corrected chi connectivity index (χ0v) is 26.6. The molecule has 264 valence electrons. The fraction of sp³-hybridized carbons (Fsp3) is 0.929. The number of carbonyl (C=O) groups excluding carboxylic acids is 2. The molecule has 0 aromatic carbocycles. The van der Waals surface area contributed by atoms with Crippen LogP contribution in [0.1, 0.15) is 26.7 Å². The molecule has 0 spiro atoms. The molecular weight excluding hydrogens is 616 g/mol. The van der Waals surface area contributed by atoms with E-state index < -0.39 is 121 Å². The van der Waals surface area contributed by atoms with Crippen LogP contribution in [-0.2, 0) is 38.0 Å². The lowest BCUT2D eigenvalue weighted by Crippen LogP contribution is -2.77. The Balaban J connectivity index is 0.000000181. The molecule has 2 saturated carbocycles. The highest BCUT2D eigenvalue weighted by atomic mass is 16.8. The Morgan fingerprint density at radius 1 is 0.543 bits per heavy atom. The van der Waals surface area contributed by atoms with E-state index >= 15 is 0 Å². The maximum atomic E-state index is 12.2. The average molecular weight is 665 g/mol. The van der Waals surface area contributed by atoms with E-state index in [1.807, 2.05) is 0 Å². The molecule has 6 aliphatic rings. The number of fused-ring (bicyclic) bond motifs is 4. The van der Waals surface area contributed by atoms with Crippen molar-refractivity contribution in [1.29, 1.82) is 0 Å². The van der Waals surface area contributed by atoms with Gasteiger partial charge in [0.05, 0.1) is 48.6 Å². The predicted octanol–water partition coefficient (Wildman–Crippen LogP) is -5.85. The van der Waals surface area contributed by atoms with Crippen LogP contribution in [0.15, 0.2) is 0 Å². The topological polar surface area (TPSA) is 259 Å². The molecule has 10 N–H and O–H groups in total. The van der Waals surface area contributed by atoms with Gasteiger partial charge in [0, 0.05) is 12.8 Å². The van der Waals surface area contributed by atoms with Gasteiger partial charge >= 0.3 is 0 Å². The maximum absolute atomic E-state index is 12.2. The third-order valence-corrected chi connectivity index (χ3v) is 9.86. The number of hydrogen-bond donors (Lipinski definition) is 10. The van der Waals surface area contributed by atoms with Crippen LogP contribution >= 0.6 is 0 Å². The highest BCUT2D eigenvalue weighted by molar-refractivity contribution is 5.87. The standard InChI is InChI=1S/2C14H24N2O7/c2*1-5-4-6(17)14(20)13(21-5)22-12-10(19)7(15-2)9(18)8(16-3)11(12)23-14/h2*5,7-13,15-16,18-20H,4H2,1-3H3/t2*5-,7-,8+,9+,10+,11-,12-,13+,14+/m11/s1. The molecule has 0 unspecified atom stereocenters. The minimum Gasteiger partial charge on any atom is -0.390 e. The first-order chi connectivity index (χ1) is 21.7. The Bertz CT molecular complexity index is 1040. The Morgan fingerprint density at radius 3 is 1.17 bits per heavy atom. The molecule has 4 aliphatic heterocycles. The van der Waals surface area contributed by atoms with Crippen LogP contribution in [0.5, 0.6) is 0 Å². The number of likely N-dealkylation sites (N-methyl/N-ethyl adjacent to an activating group) is 4. The Labute approximate surface area is 266 Å². The van der Waals surface area contributed by atoms with Crippen molar-refractivity contribution in [3.05, 3.63) is 0 Å². The molecule has 18 heteroatoms. The highest BCUT2D eigenvalue weighted by Crippen LogP contribution is 2.41. The van der Waals surface area contributed by atoms with E-state index in [4.69, 9.17) is 28.4 Å². The maximum Gasteiger partial charge on any atom is 0.280 e. The van der Waals surface area contributed by atoms with Gasteiger partial charge in [0.15, 0.2) is 11.6 Å². The molecule has 6 rings (SSSR count). The number of rotatable bonds is 4. The first-order valence-corrected chi connectivity index (χ1v) is 15.6. The molecule has 6 fully saturated rings. The van der Waals surface area contributed by atoms with Crippen LogP contribution in [0, 0.1) is 0 Å². The number of ether oxygens (including phenoxy) is 6. The van der Waals surface area contributed by atoms with E-state index in [-0.39, 0.29) is 12.8 Å². The van der Waals surface area contributed by atoms with Gasteiger partial charge in [-0.05, 0) is 42.0 Å². The van der Waals surface area contributed by atoms with E-state index in [1.54, 1.807) is 42.0 Å². The van der Waals surface area contributed by atoms with Crippen molar-refractivity contribution in [1.82, 2.24) is 21.3 Å². The van der Waals surface area contributed by atoms with Gasteiger partial charge in [-0.1, -0.05) is 0 Å². The predicted molar refractivity (Wildman–Crippen MR) is 153 cm³/mol. The van der Waals surface area contributed by atoms with Crippen LogP contribution in [0.4, 0.5) is 0 Å². The fourth-order valence-corrected chi connectivity index (χ4v) is 7.37. The Hall–Kier alpha value is -1.30. The van der Waals surface area contributed by atoms with Crippen LogP contribution in [0.25, 0.3) is 0 Å². The van der Waals surface area contributed by atoms with Crippen molar-refractivity contribution in [3.63, 3.8) is 0 Å². The highest BCUT2D eigenvalue weighted by Gasteiger charge is 2.65. The van der Waals surface area contributed by atoms with Gasteiger partial charge in [0.25, 0.3) is 11.6 Å². The number of aliphatic hydroxyl groups excluding tert-OH is 4. The van der Waals surface area contributed by atoms with Crippen molar-refractivity contribution in [3.8, 4) is 0 Å². The lowest BCUT2D eigenvalue weighted by Gasteiger charge is -2.55. The summed E-state index contributed by atoms with van der Waals surface area (Å²) in [4.78, 5) is 24.4. The fourth-order valence-electron chi connectivity index (χ4n) is 7.37. The van der Waals surface area contributed by atoms with Gasteiger partial charge in [0.1, 0.15) is 36.6 Å². The molecule has 0 bridgehead atoms. The van der Waals surface area contributed by atoms with E-state index in [0.717, 1.165) is 0 Å². The van der Waals surface area contributed by atoms with Crippen molar-refractivity contribution < 1.29 is 68.6 Å². The summed E-state index contributed by atoms with van der Waals surface area (Å²) >= 11 is 0. The number of nitrogens with one attached hydrogen (secondary N) is 4. The number of hydrogen-bond acceptors (Lipinski definition) is 18. The molecule has 18 nitrogen and oxygen atoms in total. The molecule has 46 heavy (non-hydrogen) atoms. The largest absolute Gasteiger partial charge is 0.390 e. The summed E-state index contributed by atoms with van der Waals surface area (Å²) in [5.41, 5.74) is 0. The minimum atomic E-state index is -2.23. The quantitative estimate of drug-likeness (QED) is 0.134. The third kappa shape index (κ3) is 5.85. The number of aliphatic hydroxyl groups is 6. The second-order valence-electron chi connectivity index (χ2n) is 12.8. The second-order valence-corrected chi connectivity index (χ2v) is 12.8. The zero-order valence-electron chi connectivity index (χ0n) is 26.6. The van der Waals surface area contributed by atoms with Gasteiger partial charge in [-0.25, -0.2) is 0 Å². The van der Waals surface area contributed by atoms with Crippen molar-refractivity contribution in [2.45, 2.75) is 136 Å². The summed E-state index contributed by atoms with van der Waals surface area (Å²) in [6.45, 7) is 3.39. The lowest BCUT2D eigenvalue weighted by molar-refractivity contribution is -0.420. The molecule has 4 heterocycles. The van der Waals surface area contributed by atoms with Gasteiger partial charge in [-0.3, -0.25) is 9.59 Å². The summed E-state index contributed by atoms with van der Waals surface area (Å²) in [7, 11) is 6.48. The van der Waals surface area contributed by atoms with Crippen LogP contribution in [0.2, 0.25) is 0 Å². The lowest BCUT2D eigenvalue weighted by atomic mass is 9.80. The minimum absolute atomic E-state index is 0.00220. The van der Waals surface area contributed by atoms with E-state index in [9.17, 15) is 40.2 Å². The molecule has 0 aromatic rings. The monoisotopic (exact) mass is 664 g/mol. The number of Topliss-reactive ketones (excluding diaryl/α,β-unsaturated/α-hetero) is 2. The normalized spacial score (nSPS) is 53.6. The Kier molecular flexibility index (Phi) is 10.6. The molecule has 0 radical (unpaired) electrons. The van der Waals surface area contributed by atoms with E-state index in [0.29, 0.717) is 0 Å². The third-order valence-electron chi connectivity index (χ3n) is 9.86. The van der Waals surface area contributed by atoms with Gasteiger partial charge < -0.3 is 80.3 Å². The molecular formula is C28H48N4O14. The zero-order chi connectivity index (χ0) is 33.9. The summed E-state index contributed by atoms with van der Waals surface area (Å²) in [5, 5.41) is 74.5. The Morgan fingerprint density at radius 2 is 0.870 bits per heavy atom. The number of carbonyl (C=O) groups is 2. The van der Waals surface area contributed by atoms with Gasteiger partial charge in [0.2, 0.25) is 12.6 Å². The molecule has 2 aliphatic carbocycles. The second kappa shape index (κ2) is 13.5. The molecule has 18 atom stereocenters. The first-order valence-electron chi connectivity index (χ1n) is 15.6.